The topological polar surface area (TPSA) is 52.7 Å². The van der Waals surface area contributed by atoms with E-state index in [9.17, 15) is 4.79 Å². The van der Waals surface area contributed by atoms with Gasteiger partial charge in [-0.15, -0.1) is 0 Å². The van der Waals surface area contributed by atoms with Gasteiger partial charge in [0.1, 0.15) is 11.7 Å². The van der Waals surface area contributed by atoms with Crippen molar-refractivity contribution in [1.29, 1.82) is 0 Å². The Hall–Kier alpha value is -2.43. The van der Waals surface area contributed by atoms with Gasteiger partial charge in [0.15, 0.2) is 5.65 Å². The molecule has 0 amide bonds. The molecule has 5 nitrogen and oxygen atoms in total. The van der Waals surface area contributed by atoms with Crippen LogP contribution < -0.4 is 5.56 Å². The van der Waals surface area contributed by atoms with Gasteiger partial charge in [0, 0.05) is 7.05 Å². The van der Waals surface area contributed by atoms with Gasteiger partial charge in [-0.25, -0.2) is 4.98 Å². The number of hydrogen-bond acceptors (Lipinski definition) is 3. The van der Waals surface area contributed by atoms with Crippen LogP contribution in [0, 0.1) is 13.8 Å². The number of rotatable bonds is 2. The number of hydrogen-bond donors (Lipinski definition) is 0. The Morgan fingerprint density at radius 3 is 2.33 bits per heavy atom. The molecule has 0 saturated carbocycles. The zero-order valence-corrected chi connectivity index (χ0v) is 15.2. The third-order valence-electron chi connectivity index (χ3n) is 4.61. The monoisotopic (exact) mass is 324 g/mol. The van der Waals surface area contributed by atoms with Gasteiger partial charge < -0.3 is 0 Å². The van der Waals surface area contributed by atoms with E-state index in [0.29, 0.717) is 17.6 Å². The average Bonchev–Trinajstić information content (AvgIpc) is 2.86. The molecule has 24 heavy (non-hydrogen) atoms. The van der Waals surface area contributed by atoms with E-state index in [0.717, 1.165) is 0 Å². The minimum absolute atomic E-state index is 0.0493. The first kappa shape index (κ1) is 16.4. The van der Waals surface area contributed by atoms with Gasteiger partial charge in [0.25, 0.3) is 5.56 Å². The SMILES string of the molecule is Cc1cc(C(C)(C)C)cc(C)c1Cn1cnc2c(cnn2C)c1=O. The predicted octanol–water partition coefficient (Wildman–Crippen LogP) is 3.09. The van der Waals surface area contributed by atoms with E-state index >= 15 is 0 Å². The first-order valence-electron chi connectivity index (χ1n) is 8.16. The molecule has 3 rings (SSSR count). The lowest BCUT2D eigenvalue weighted by molar-refractivity contribution is 0.588. The molecule has 0 saturated heterocycles. The minimum atomic E-state index is -0.0493. The molecule has 0 bridgehead atoms. The van der Waals surface area contributed by atoms with Gasteiger partial charge in [0.05, 0.1) is 12.7 Å². The van der Waals surface area contributed by atoms with Crippen LogP contribution in [-0.2, 0) is 19.0 Å². The van der Waals surface area contributed by atoms with Crippen LogP contribution in [0.2, 0.25) is 0 Å². The summed E-state index contributed by atoms with van der Waals surface area (Å²) >= 11 is 0. The molecule has 3 aromatic rings. The van der Waals surface area contributed by atoms with E-state index in [1.165, 1.54) is 22.3 Å². The highest BCUT2D eigenvalue weighted by Gasteiger charge is 2.17. The maximum absolute atomic E-state index is 12.7. The molecule has 5 heteroatoms. The molecule has 0 aliphatic rings. The zero-order valence-electron chi connectivity index (χ0n) is 15.2. The van der Waals surface area contributed by atoms with E-state index < -0.39 is 0 Å². The second-order valence-electron chi connectivity index (χ2n) is 7.52. The van der Waals surface area contributed by atoms with Gasteiger partial charge in [-0.05, 0) is 41.5 Å². The molecule has 0 spiro atoms. The maximum Gasteiger partial charge on any atom is 0.264 e. The van der Waals surface area contributed by atoms with Gasteiger partial charge in [-0.3, -0.25) is 14.0 Å². The molecule has 0 atom stereocenters. The fourth-order valence-electron chi connectivity index (χ4n) is 3.03. The molecule has 0 N–H and O–H groups in total. The van der Waals surface area contributed by atoms with Gasteiger partial charge in [0.2, 0.25) is 0 Å². The molecular formula is C19H24N4O. The molecule has 0 aliphatic carbocycles. The number of fused-ring (bicyclic) bond motifs is 1. The number of aryl methyl sites for hydroxylation is 3. The van der Waals surface area contributed by atoms with Crippen molar-refractivity contribution in [3.63, 3.8) is 0 Å². The molecule has 2 heterocycles. The summed E-state index contributed by atoms with van der Waals surface area (Å²) in [6.07, 6.45) is 3.20. The van der Waals surface area contributed by atoms with Gasteiger partial charge in [-0.1, -0.05) is 32.9 Å². The second kappa shape index (κ2) is 5.58. The van der Waals surface area contributed by atoms with Crippen molar-refractivity contribution in [2.75, 3.05) is 0 Å². The first-order chi connectivity index (χ1) is 11.2. The highest BCUT2D eigenvalue weighted by Crippen LogP contribution is 2.27. The molecule has 0 aliphatic heterocycles. The fourth-order valence-corrected chi connectivity index (χ4v) is 3.03. The molecule has 1 aromatic carbocycles. The molecule has 126 valence electrons. The predicted molar refractivity (Wildman–Crippen MR) is 96.5 cm³/mol. The Bertz CT molecular complexity index is 950. The van der Waals surface area contributed by atoms with Crippen molar-refractivity contribution in [2.45, 2.75) is 46.6 Å². The van der Waals surface area contributed by atoms with E-state index in [1.807, 2.05) is 0 Å². The van der Waals surface area contributed by atoms with E-state index in [4.69, 9.17) is 0 Å². The highest BCUT2D eigenvalue weighted by molar-refractivity contribution is 5.72. The molecule has 0 unspecified atom stereocenters. The molecule has 0 radical (unpaired) electrons. The smallest absolute Gasteiger partial charge is 0.264 e. The molecular weight excluding hydrogens is 300 g/mol. The lowest BCUT2D eigenvalue weighted by Gasteiger charge is -2.22. The Labute approximate surface area is 142 Å². The Kier molecular flexibility index (Phi) is 3.82. The summed E-state index contributed by atoms with van der Waals surface area (Å²) in [4.78, 5) is 17.0. The van der Waals surface area contributed by atoms with Crippen molar-refractivity contribution in [3.8, 4) is 0 Å². The van der Waals surface area contributed by atoms with Crippen LogP contribution in [0.25, 0.3) is 11.0 Å². The largest absolute Gasteiger partial charge is 0.294 e. The van der Waals surface area contributed by atoms with Crippen molar-refractivity contribution < 1.29 is 0 Å². The van der Waals surface area contributed by atoms with E-state index in [1.54, 1.807) is 28.8 Å². The van der Waals surface area contributed by atoms with Crippen LogP contribution in [0.1, 0.15) is 43.0 Å². The third-order valence-corrected chi connectivity index (χ3v) is 4.61. The summed E-state index contributed by atoms with van der Waals surface area (Å²) in [6, 6.07) is 4.45. The van der Waals surface area contributed by atoms with Crippen LogP contribution in [0.15, 0.2) is 29.5 Å². The van der Waals surface area contributed by atoms with Gasteiger partial charge >= 0.3 is 0 Å². The summed E-state index contributed by atoms with van der Waals surface area (Å²) in [5.74, 6) is 0. The average molecular weight is 324 g/mol. The fraction of sp³-hybridized carbons (Fsp3) is 0.421. The Balaban J connectivity index is 2.06. The summed E-state index contributed by atoms with van der Waals surface area (Å²) in [6.45, 7) is 11.4. The summed E-state index contributed by atoms with van der Waals surface area (Å²) in [5, 5.41) is 4.68. The number of benzene rings is 1. The minimum Gasteiger partial charge on any atom is -0.294 e. The third kappa shape index (κ3) is 2.75. The number of nitrogens with zero attached hydrogens (tertiary/aromatic N) is 4. The standard InChI is InChI=1S/C19H24N4O/c1-12-7-14(19(3,4)5)8-13(2)16(12)10-23-11-20-17-15(18(23)24)9-21-22(17)6/h7-9,11H,10H2,1-6H3. The molecule has 2 aromatic heterocycles. The van der Waals surface area contributed by atoms with Gasteiger partial charge in [-0.2, -0.15) is 5.10 Å². The summed E-state index contributed by atoms with van der Waals surface area (Å²) in [5.41, 5.74) is 5.58. The summed E-state index contributed by atoms with van der Waals surface area (Å²) in [7, 11) is 1.79. The quantitative estimate of drug-likeness (QED) is 0.728. The lowest BCUT2D eigenvalue weighted by Crippen LogP contribution is -2.22. The van der Waals surface area contributed by atoms with Crippen LogP contribution in [0.5, 0.6) is 0 Å². The zero-order chi connectivity index (χ0) is 17.6. The second-order valence-corrected chi connectivity index (χ2v) is 7.52. The molecule has 0 fully saturated rings. The normalized spacial score (nSPS) is 12.1. The highest BCUT2D eigenvalue weighted by atomic mass is 16.1. The van der Waals surface area contributed by atoms with Crippen LogP contribution in [-0.4, -0.2) is 19.3 Å². The maximum atomic E-state index is 12.7. The Morgan fingerprint density at radius 1 is 1.12 bits per heavy atom. The summed E-state index contributed by atoms with van der Waals surface area (Å²) < 4.78 is 3.28. The lowest BCUT2D eigenvalue weighted by atomic mass is 9.84. The Morgan fingerprint density at radius 2 is 1.75 bits per heavy atom. The van der Waals surface area contributed by atoms with Crippen molar-refractivity contribution >= 4 is 11.0 Å². The van der Waals surface area contributed by atoms with Crippen molar-refractivity contribution in [1.82, 2.24) is 19.3 Å². The van der Waals surface area contributed by atoms with Crippen LogP contribution in [0.4, 0.5) is 0 Å². The first-order valence-corrected chi connectivity index (χ1v) is 8.16. The van der Waals surface area contributed by atoms with Crippen LogP contribution >= 0.6 is 0 Å². The van der Waals surface area contributed by atoms with E-state index in [-0.39, 0.29) is 11.0 Å². The number of aromatic nitrogens is 4. The van der Waals surface area contributed by atoms with Crippen molar-refractivity contribution in [3.05, 3.63) is 57.3 Å². The van der Waals surface area contributed by atoms with E-state index in [2.05, 4.69) is 56.8 Å². The van der Waals surface area contributed by atoms with Crippen LogP contribution in [0.3, 0.4) is 0 Å². The van der Waals surface area contributed by atoms with Crippen molar-refractivity contribution in [2.24, 2.45) is 7.05 Å².